The van der Waals surface area contributed by atoms with Gasteiger partial charge in [-0.25, -0.2) is 9.97 Å². The summed E-state index contributed by atoms with van der Waals surface area (Å²) in [5.41, 5.74) is 0. The minimum Gasteiger partial charge on any atom is -0.393 e. The molecular weight excluding hydrogens is 240 g/mol. The van der Waals surface area contributed by atoms with E-state index in [-0.39, 0.29) is 6.10 Å². The van der Waals surface area contributed by atoms with E-state index in [1.165, 1.54) is 0 Å². The predicted octanol–water partition coefficient (Wildman–Crippen LogP) is 1.96. The van der Waals surface area contributed by atoms with E-state index in [0.717, 1.165) is 49.7 Å². The van der Waals surface area contributed by atoms with E-state index >= 15 is 0 Å². The molecule has 0 unspecified atom stereocenters. The highest BCUT2D eigenvalue weighted by Crippen LogP contribution is 2.22. The van der Waals surface area contributed by atoms with E-state index in [1.807, 2.05) is 20.0 Å². The maximum atomic E-state index is 9.53. The fraction of sp³-hybridized carbons (Fsp3) is 0.714. The summed E-state index contributed by atoms with van der Waals surface area (Å²) in [6, 6.07) is 2.42. The van der Waals surface area contributed by atoms with Crippen molar-refractivity contribution in [3.8, 4) is 0 Å². The first-order valence-electron chi connectivity index (χ1n) is 7.10. The van der Waals surface area contributed by atoms with E-state index in [1.54, 1.807) is 0 Å². The van der Waals surface area contributed by atoms with Crippen LogP contribution in [0.5, 0.6) is 0 Å². The fourth-order valence-corrected chi connectivity index (χ4v) is 2.41. The topological polar surface area (TPSA) is 61.3 Å². The van der Waals surface area contributed by atoms with Gasteiger partial charge in [0, 0.05) is 25.7 Å². The van der Waals surface area contributed by atoms with Crippen LogP contribution in [0.2, 0.25) is 0 Å². The molecule has 106 valence electrons. The van der Waals surface area contributed by atoms with Crippen molar-refractivity contribution in [2.24, 2.45) is 0 Å². The molecule has 19 heavy (non-hydrogen) atoms. The number of rotatable bonds is 4. The Morgan fingerprint density at radius 2 is 2.00 bits per heavy atom. The van der Waals surface area contributed by atoms with Crippen LogP contribution in [0.25, 0.3) is 0 Å². The molecular formula is C14H24N4O. The summed E-state index contributed by atoms with van der Waals surface area (Å²) in [6.45, 7) is 4.95. The van der Waals surface area contributed by atoms with Crippen molar-refractivity contribution in [1.29, 1.82) is 0 Å². The molecule has 2 N–H and O–H groups in total. The Balaban J connectivity index is 2.05. The third-order valence-corrected chi connectivity index (χ3v) is 3.74. The molecule has 0 saturated heterocycles. The Morgan fingerprint density at radius 1 is 1.32 bits per heavy atom. The lowest BCUT2D eigenvalue weighted by Gasteiger charge is -2.27. The van der Waals surface area contributed by atoms with Crippen LogP contribution in [0.15, 0.2) is 6.07 Å². The number of anilines is 2. The third-order valence-electron chi connectivity index (χ3n) is 3.74. The summed E-state index contributed by atoms with van der Waals surface area (Å²) in [5, 5.41) is 13.0. The van der Waals surface area contributed by atoms with Gasteiger partial charge in [-0.3, -0.25) is 0 Å². The summed E-state index contributed by atoms with van der Waals surface area (Å²) in [5.74, 6) is 2.63. The largest absolute Gasteiger partial charge is 0.393 e. The van der Waals surface area contributed by atoms with Crippen LogP contribution >= 0.6 is 0 Å². The molecule has 0 spiro atoms. The number of nitrogens with one attached hydrogen (secondary N) is 1. The maximum Gasteiger partial charge on any atom is 0.134 e. The molecule has 1 fully saturated rings. The van der Waals surface area contributed by atoms with Crippen molar-refractivity contribution in [1.82, 2.24) is 9.97 Å². The molecule has 0 radical (unpaired) electrons. The molecule has 0 atom stereocenters. The molecule has 5 heteroatoms. The van der Waals surface area contributed by atoms with Gasteiger partial charge < -0.3 is 15.3 Å². The van der Waals surface area contributed by atoms with Crippen LogP contribution in [-0.2, 0) is 0 Å². The second-order valence-electron chi connectivity index (χ2n) is 5.32. The zero-order valence-electron chi connectivity index (χ0n) is 12.1. The monoisotopic (exact) mass is 264 g/mol. The summed E-state index contributed by atoms with van der Waals surface area (Å²) in [6.07, 6.45) is 3.64. The Bertz CT molecular complexity index is 416. The predicted molar refractivity (Wildman–Crippen MR) is 77.6 cm³/mol. The van der Waals surface area contributed by atoms with E-state index in [4.69, 9.17) is 0 Å². The van der Waals surface area contributed by atoms with E-state index in [0.29, 0.717) is 6.04 Å². The lowest BCUT2D eigenvalue weighted by atomic mass is 9.93. The molecule has 5 nitrogen and oxygen atoms in total. The number of aryl methyl sites for hydroxylation is 1. The number of aliphatic hydroxyl groups is 1. The minimum absolute atomic E-state index is 0.119. The number of aliphatic hydroxyl groups excluding tert-OH is 1. The standard InChI is InChI=1S/C14H24N4O/c1-4-18(3)14-9-13(15-10(2)16-14)17-11-5-7-12(19)8-6-11/h9,11-12,19H,4-8H2,1-3H3,(H,15,16,17). The summed E-state index contributed by atoms with van der Waals surface area (Å²) in [4.78, 5) is 11.0. The highest BCUT2D eigenvalue weighted by molar-refractivity contribution is 5.49. The third kappa shape index (κ3) is 3.80. The van der Waals surface area contributed by atoms with Crippen LogP contribution in [0.3, 0.4) is 0 Å². The van der Waals surface area contributed by atoms with Gasteiger partial charge in [0.2, 0.25) is 0 Å². The van der Waals surface area contributed by atoms with Gasteiger partial charge in [-0.15, -0.1) is 0 Å². The molecule has 0 bridgehead atoms. The zero-order valence-corrected chi connectivity index (χ0v) is 12.1. The first-order chi connectivity index (χ1) is 9.08. The molecule has 0 aliphatic heterocycles. The van der Waals surface area contributed by atoms with Gasteiger partial charge in [0.05, 0.1) is 6.10 Å². The van der Waals surface area contributed by atoms with Crippen LogP contribution in [0, 0.1) is 6.92 Å². The normalized spacial score (nSPS) is 23.2. The van der Waals surface area contributed by atoms with Crippen molar-refractivity contribution in [3.63, 3.8) is 0 Å². The second kappa shape index (κ2) is 6.19. The molecule has 0 amide bonds. The van der Waals surface area contributed by atoms with Crippen LogP contribution < -0.4 is 10.2 Å². The van der Waals surface area contributed by atoms with Crippen LogP contribution in [0.4, 0.5) is 11.6 Å². The lowest BCUT2D eigenvalue weighted by Crippen LogP contribution is -2.29. The minimum atomic E-state index is -0.119. The molecule has 0 aromatic carbocycles. The molecule has 1 saturated carbocycles. The van der Waals surface area contributed by atoms with Crippen molar-refractivity contribution in [3.05, 3.63) is 11.9 Å². The molecule has 1 aromatic heterocycles. The highest BCUT2D eigenvalue weighted by Gasteiger charge is 2.19. The Kier molecular flexibility index (Phi) is 4.58. The van der Waals surface area contributed by atoms with Gasteiger partial charge in [0.25, 0.3) is 0 Å². The van der Waals surface area contributed by atoms with E-state index in [2.05, 4.69) is 27.1 Å². The second-order valence-corrected chi connectivity index (χ2v) is 5.32. The van der Waals surface area contributed by atoms with Crippen molar-refractivity contribution in [2.75, 3.05) is 23.8 Å². The van der Waals surface area contributed by atoms with Crippen molar-refractivity contribution in [2.45, 2.75) is 51.7 Å². The molecule has 1 aliphatic rings. The number of aromatic nitrogens is 2. The van der Waals surface area contributed by atoms with Gasteiger partial charge in [0.15, 0.2) is 0 Å². The van der Waals surface area contributed by atoms with Crippen LogP contribution in [-0.4, -0.2) is 40.8 Å². The SMILES string of the molecule is CCN(C)c1cc(NC2CCC(O)CC2)nc(C)n1. The molecule has 1 aliphatic carbocycles. The Hall–Kier alpha value is -1.36. The van der Waals surface area contributed by atoms with Crippen molar-refractivity contribution < 1.29 is 5.11 Å². The summed E-state index contributed by atoms with van der Waals surface area (Å²) < 4.78 is 0. The van der Waals surface area contributed by atoms with E-state index < -0.39 is 0 Å². The molecule has 1 aromatic rings. The fourth-order valence-electron chi connectivity index (χ4n) is 2.41. The highest BCUT2D eigenvalue weighted by atomic mass is 16.3. The van der Waals surface area contributed by atoms with Crippen LogP contribution in [0.1, 0.15) is 38.4 Å². The summed E-state index contributed by atoms with van der Waals surface area (Å²) >= 11 is 0. The number of nitrogens with zero attached hydrogens (tertiary/aromatic N) is 3. The Morgan fingerprint density at radius 3 is 2.63 bits per heavy atom. The average molecular weight is 264 g/mol. The van der Waals surface area contributed by atoms with Crippen molar-refractivity contribution >= 4 is 11.6 Å². The first kappa shape index (κ1) is 14.1. The van der Waals surface area contributed by atoms with Gasteiger partial charge in [-0.05, 0) is 39.5 Å². The molecule has 2 rings (SSSR count). The van der Waals surface area contributed by atoms with Gasteiger partial charge in [-0.1, -0.05) is 0 Å². The lowest BCUT2D eigenvalue weighted by molar-refractivity contribution is 0.126. The first-order valence-corrected chi connectivity index (χ1v) is 7.10. The number of hydrogen-bond acceptors (Lipinski definition) is 5. The van der Waals surface area contributed by atoms with E-state index in [9.17, 15) is 5.11 Å². The van der Waals surface area contributed by atoms with Gasteiger partial charge in [-0.2, -0.15) is 0 Å². The van der Waals surface area contributed by atoms with Gasteiger partial charge in [0.1, 0.15) is 17.5 Å². The quantitative estimate of drug-likeness (QED) is 0.870. The average Bonchev–Trinajstić information content (AvgIpc) is 2.40. The molecule has 1 heterocycles. The zero-order chi connectivity index (χ0) is 13.8. The Labute approximate surface area is 115 Å². The smallest absolute Gasteiger partial charge is 0.134 e. The maximum absolute atomic E-state index is 9.53. The van der Waals surface area contributed by atoms with Gasteiger partial charge >= 0.3 is 0 Å². The number of hydrogen-bond donors (Lipinski definition) is 2. The summed E-state index contributed by atoms with van der Waals surface area (Å²) in [7, 11) is 2.03.